The average molecular weight is 367 g/mol. The first-order valence-electron chi connectivity index (χ1n) is 9.61. The van der Waals surface area contributed by atoms with Crippen molar-refractivity contribution in [1.82, 2.24) is 5.32 Å². The zero-order valence-corrected chi connectivity index (χ0v) is 16.4. The maximum atomic E-state index is 12.3. The maximum absolute atomic E-state index is 12.3. The van der Waals surface area contributed by atoms with E-state index in [9.17, 15) is 4.79 Å². The van der Waals surface area contributed by atoms with Crippen molar-refractivity contribution in [3.63, 3.8) is 0 Å². The van der Waals surface area contributed by atoms with Gasteiger partial charge in [-0.1, -0.05) is 25.1 Å². The molecule has 2 N–H and O–H groups in total. The van der Waals surface area contributed by atoms with Gasteiger partial charge in [-0.3, -0.25) is 0 Å². The van der Waals surface area contributed by atoms with Crippen molar-refractivity contribution in [3.8, 4) is 5.75 Å². The average Bonchev–Trinajstić information content (AvgIpc) is 2.68. The van der Waals surface area contributed by atoms with E-state index in [0.29, 0.717) is 11.4 Å². The van der Waals surface area contributed by atoms with Crippen molar-refractivity contribution >= 4 is 17.4 Å². The summed E-state index contributed by atoms with van der Waals surface area (Å²) in [6.07, 6.45) is 2.57. The summed E-state index contributed by atoms with van der Waals surface area (Å²) in [5.41, 5.74) is 3.05. The Balaban J connectivity index is 1.57. The Labute approximate surface area is 161 Å². The molecule has 1 saturated heterocycles. The number of carbonyl (C=O) groups is 1. The summed E-state index contributed by atoms with van der Waals surface area (Å²) in [6, 6.07) is 15.5. The van der Waals surface area contributed by atoms with Gasteiger partial charge in [0, 0.05) is 30.5 Å². The Kier molecular flexibility index (Phi) is 6.22. The van der Waals surface area contributed by atoms with Gasteiger partial charge in [0.15, 0.2) is 0 Å². The maximum Gasteiger partial charge on any atom is 0.319 e. The number of amides is 2. The molecule has 1 aliphatic rings. The Morgan fingerprint density at radius 2 is 2.00 bits per heavy atom. The molecule has 0 radical (unpaired) electrons. The summed E-state index contributed by atoms with van der Waals surface area (Å²) in [4.78, 5) is 14.7. The van der Waals surface area contributed by atoms with Crippen LogP contribution < -0.4 is 20.3 Å². The summed E-state index contributed by atoms with van der Waals surface area (Å²) in [6.45, 7) is 6.55. The van der Waals surface area contributed by atoms with E-state index in [-0.39, 0.29) is 12.1 Å². The van der Waals surface area contributed by atoms with Gasteiger partial charge < -0.3 is 20.3 Å². The lowest BCUT2D eigenvalue weighted by Gasteiger charge is -2.33. The minimum absolute atomic E-state index is 0.0788. The van der Waals surface area contributed by atoms with Crippen LogP contribution in [0.5, 0.6) is 5.75 Å². The molecule has 3 rings (SSSR count). The number of urea groups is 1. The van der Waals surface area contributed by atoms with E-state index in [4.69, 9.17) is 4.74 Å². The van der Waals surface area contributed by atoms with Crippen LogP contribution in [0.1, 0.15) is 38.3 Å². The van der Waals surface area contributed by atoms with Crippen LogP contribution in [0.2, 0.25) is 0 Å². The predicted octanol–water partition coefficient (Wildman–Crippen LogP) is 4.81. The van der Waals surface area contributed by atoms with Crippen LogP contribution in [-0.4, -0.2) is 26.2 Å². The third-order valence-corrected chi connectivity index (χ3v) is 5.09. The topological polar surface area (TPSA) is 53.6 Å². The van der Waals surface area contributed by atoms with Crippen molar-refractivity contribution in [2.45, 2.75) is 32.7 Å². The molecule has 0 aromatic heterocycles. The number of methoxy groups -OCH3 is 1. The van der Waals surface area contributed by atoms with Crippen molar-refractivity contribution in [3.05, 3.63) is 54.1 Å². The summed E-state index contributed by atoms with van der Waals surface area (Å²) >= 11 is 0. The number of piperidine rings is 1. The highest BCUT2D eigenvalue weighted by Crippen LogP contribution is 2.24. The normalized spacial score (nSPS) is 17.9. The summed E-state index contributed by atoms with van der Waals surface area (Å²) in [7, 11) is 1.61. The Morgan fingerprint density at radius 3 is 2.70 bits per heavy atom. The number of benzene rings is 2. The summed E-state index contributed by atoms with van der Waals surface area (Å²) in [5.74, 6) is 1.46. The van der Waals surface area contributed by atoms with Crippen LogP contribution in [0, 0.1) is 5.92 Å². The van der Waals surface area contributed by atoms with Crippen LogP contribution in [0.15, 0.2) is 48.5 Å². The first kappa shape index (κ1) is 19.1. The molecule has 1 aliphatic heterocycles. The number of hydrogen-bond donors (Lipinski definition) is 2. The van der Waals surface area contributed by atoms with Gasteiger partial charge in [-0.2, -0.15) is 0 Å². The molecule has 0 spiro atoms. The largest absolute Gasteiger partial charge is 0.497 e. The fourth-order valence-electron chi connectivity index (χ4n) is 3.55. The predicted molar refractivity (Wildman–Crippen MR) is 111 cm³/mol. The molecule has 5 heteroatoms. The number of hydrogen-bond acceptors (Lipinski definition) is 3. The number of anilines is 2. The van der Waals surface area contributed by atoms with Crippen LogP contribution >= 0.6 is 0 Å². The minimum Gasteiger partial charge on any atom is -0.497 e. The van der Waals surface area contributed by atoms with Gasteiger partial charge in [0.05, 0.1) is 13.2 Å². The first-order chi connectivity index (χ1) is 13.0. The number of carbonyl (C=O) groups excluding carboxylic acids is 1. The minimum atomic E-state index is -0.232. The smallest absolute Gasteiger partial charge is 0.319 e. The highest BCUT2D eigenvalue weighted by molar-refractivity contribution is 5.89. The van der Waals surface area contributed by atoms with Crippen LogP contribution in [0.25, 0.3) is 0 Å². The van der Waals surface area contributed by atoms with Crippen LogP contribution in [0.4, 0.5) is 16.2 Å². The second-order valence-electron chi connectivity index (χ2n) is 7.34. The molecule has 144 valence electrons. The summed E-state index contributed by atoms with van der Waals surface area (Å²) < 4.78 is 5.18. The summed E-state index contributed by atoms with van der Waals surface area (Å²) in [5, 5.41) is 5.83. The van der Waals surface area contributed by atoms with Gasteiger partial charge >= 0.3 is 6.03 Å². The van der Waals surface area contributed by atoms with Crippen LogP contribution in [0.3, 0.4) is 0 Å². The molecule has 0 saturated carbocycles. The third-order valence-electron chi connectivity index (χ3n) is 5.09. The number of ether oxygens (including phenoxy) is 1. The molecular formula is C22H29N3O2. The van der Waals surface area contributed by atoms with Gasteiger partial charge in [0.25, 0.3) is 0 Å². The zero-order chi connectivity index (χ0) is 19.2. The Morgan fingerprint density at radius 1 is 1.22 bits per heavy atom. The van der Waals surface area contributed by atoms with E-state index in [1.165, 1.54) is 18.5 Å². The molecule has 0 aliphatic carbocycles. The van der Waals surface area contributed by atoms with E-state index in [2.05, 4.69) is 46.7 Å². The molecule has 0 bridgehead atoms. The Hall–Kier alpha value is -2.69. The molecule has 5 nitrogen and oxygen atoms in total. The molecule has 2 atom stereocenters. The first-order valence-corrected chi connectivity index (χ1v) is 9.61. The second-order valence-corrected chi connectivity index (χ2v) is 7.34. The fraction of sp³-hybridized carbons (Fsp3) is 0.409. The van der Waals surface area contributed by atoms with Crippen molar-refractivity contribution in [1.29, 1.82) is 0 Å². The molecule has 2 aromatic rings. The van der Waals surface area contributed by atoms with E-state index in [1.54, 1.807) is 13.2 Å². The number of nitrogens with zero attached hydrogens (tertiary/aromatic N) is 1. The standard InChI is InChI=1S/C22H29N3O2/c1-16-6-5-13-25(15-16)20-11-9-18(10-12-20)17(2)23-22(26)24-19-7-4-8-21(14-19)27-3/h4,7-12,14,16-17H,5-6,13,15H2,1-3H3,(H2,23,24,26). The molecule has 1 heterocycles. The lowest BCUT2D eigenvalue weighted by atomic mass is 9.99. The lowest BCUT2D eigenvalue weighted by molar-refractivity contribution is 0.249. The van der Waals surface area contributed by atoms with Gasteiger partial charge in [-0.15, -0.1) is 0 Å². The lowest BCUT2D eigenvalue weighted by Crippen LogP contribution is -2.34. The van der Waals surface area contributed by atoms with E-state index < -0.39 is 0 Å². The van der Waals surface area contributed by atoms with Gasteiger partial charge in [0.1, 0.15) is 5.75 Å². The molecule has 27 heavy (non-hydrogen) atoms. The van der Waals surface area contributed by atoms with Crippen molar-refractivity contribution in [2.24, 2.45) is 5.92 Å². The molecule has 1 fully saturated rings. The number of nitrogens with one attached hydrogen (secondary N) is 2. The third kappa shape index (κ3) is 5.16. The molecule has 2 unspecified atom stereocenters. The van der Waals surface area contributed by atoms with Crippen molar-refractivity contribution in [2.75, 3.05) is 30.4 Å². The van der Waals surface area contributed by atoms with E-state index in [1.807, 2.05) is 25.1 Å². The molecular weight excluding hydrogens is 338 g/mol. The number of rotatable bonds is 5. The second kappa shape index (κ2) is 8.80. The SMILES string of the molecule is COc1cccc(NC(=O)NC(C)c2ccc(N3CCCC(C)C3)cc2)c1. The fourth-order valence-corrected chi connectivity index (χ4v) is 3.55. The quantitative estimate of drug-likeness (QED) is 0.797. The zero-order valence-electron chi connectivity index (χ0n) is 16.4. The Bertz CT molecular complexity index is 760. The monoisotopic (exact) mass is 367 g/mol. The van der Waals surface area contributed by atoms with E-state index >= 15 is 0 Å². The highest BCUT2D eigenvalue weighted by Gasteiger charge is 2.17. The highest BCUT2D eigenvalue weighted by atomic mass is 16.5. The molecule has 2 amide bonds. The van der Waals surface area contributed by atoms with Crippen LogP contribution in [-0.2, 0) is 0 Å². The van der Waals surface area contributed by atoms with Gasteiger partial charge in [0.2, 0.25) is 0 Å². The van der Waals surface area contributed by atoms with Gasteiger partial charge in [-0.25, -0.2) is 4.79 Å². The molecule has 2 aromatic carbocycles. The van der Waals surface area contributed by atoms with E-state index in [0.717, 1.165) is 24.6 Å². The van der Waals surface area contributed by atoms with Crippen molar-refractivity contribution < 1.29 is 9.53 Å². The van der Waals surface area contributed by atoms with Gasteiger partial charge in [-0.05, 0) is 55.5 Å².